The van der Waals surface area contributed by atoms with E-state index in [9.17, 15) is 9.90 Å². The highest BCUT2D eigenvalue weighted by Crippen LogP contribution is 2.37. The molecule has 0 aliphatic carbocycles. The van der Waals surface area contributed by atoms with Crippen LogP contribution in [0.1, 0.15) is 46.1 Å². The third kappa shape index (κ3) is 3.30. The van der Waals surface area contributed by atoms with Crippen molar-refractivity contribution in [3.05, 3.63) is 65.0 Å². The lowest BCUT2D eigenvalue weighted by molar-refractivity contribution is 0.0695. The summed E-state index contributed by atoms with van der Waals surface area (Å²) in [5.74, 6) is -0.269. The fourth-order valence-electron chi connectivity index (χ4n) is 4.20. The minimum atomic E-state index is -0.829. The van der Waals surface area contributed by atoms with Gasteiger partial charge in [-0.1, -0.05) is 18.2 Å². The number of aromatic nitrogens is 1. The van der Waals surface area contributed by atoms with Crippen molar-refractivity contribution >= 4 is 5.97 Å². The lowest BCUT2D eigenvalue weighted by Crippen LogP contribution is -2.37. The number of hydrogen-bond donors (Lipinski definition) is 2. The summed E-state index contributed by atoms with van der Waals surface area (Å²) in [5.41, 5.74) is 3.72. The number of hydrogen-bond acceptors (Lipinski definition) is 4. The number of piperidine rings is 1. The minimum Gasteiger partial charge on any atom is -0.478 e. The second-order valence-corrected chi connectivity index (χ2v) is 6.97. The molecule has 1 unspecified atom stereocenters. The van der Waals surface area contributed by atoms with Crippen LogP contribution in [-0.2, 0) is 13.1 Å². The molecule has 0 bridgehead atoms. The van der Waals surface area contributed by atoms with Gasteiger partial charge in [0.25, 0.3) is 0 Å². The Kier molecular flexibility index (Phi) is 4.51. The Morgan fingerprint density at radius 3 is 2.76 bits per heavy atom. The monoisotopic (exact) mass is 337 g/mol. The van der Waals surface area contributed by atoms with E-state index in [1.165, 1.54) is 5.56 Å². The molecule has 2 aliphatic heterocycles. The maximum Gasteiger partial charge on any atom is 0.336 e. The van der Waals surface area contributed by atoms with Gasteiger partial charge in [-0.3, -0.25) is 9.88 Å². The van der Waals surface area contributed by atoms with Crippen molar-refractivity contribution in [1.82, 2.24) is 15.2 Å². The lowest BCUT2D eigenvalue weighted by Gasteiger charge is -2.35. The third-order valence-corrected chi connectivity index (χ3v) is 5.49. The molecule has 1 saturated heterocycles. The Bertz CT molecular complexity index is 755. The molecular weight excluding hydrogens is 314 g/mol. The van der Waals surface area contributed by atoms with E-state index in [2.05, 4.69) is 27.3 Å². The normalized spacial score (nSPS) is 21.2. The van der Waals surface area contributed by atoms with E-state index in [1.54, 1.807) is 6.07 Å². The highest BCUT2D eigenvalue weighted by atomic mass is 16.4. The van der Waals surface area contributed by atoms with Crippen LogP contribution in [0.5, 0.6) is 0 Å². The Hall–Kier alpha value is -2.24. The molecule has 1 aromatic heterocycles. The molecule has 0 amide bonds. The van der Waals surface area contributed by atoms with Crippen molar-refractivity contribution in [3.63, 3.8) is 0 Å². The molecule has 1 fully saturated rings. The van der Waals surface area contributed by atoms with Crippen LogP contribution in [0.3, 0.4) is 0 Å². The van der Waals surface area contributed by atoms with Crippen LogP contribution in [0, 0.1) is 5.92 Å². The van der Waals surface area contributed by atoms with Crippen LogP contribution in [0.25, 0.3) is 0 Å². The zero-order valence-electron chi connectivity index (χ0n) is 14.2. The number of rotatable bonds is 4. The third-order valence-electron chi connectivity index (χ3n) is 5.49. The zero-order chi connectivity index (χ0) is 17.2. The summed E-state index contributed by atoms with van der Waals surface area (Å²) in [6.07, 6.45) is 4.10. The first-order chi connectivity index (χ1) is 12.2. The second-order valence-electron chi connectivity index (χ2n) is 6.97. The fourth-order valence-corrected chi connectivity index (χ4v) is 4.20. The largest absolute Gasteiger partial charge is 0.478 e. The summed E-state index contributed by atoms with van der Waals surface area (Å²) in [7, 11) is 0. The summed E-state index contributed by atoms with van der Waals surface area (Å²) >= 11 is 0. The van der Waals surface area contributed by atoms with Crippen LogP contribution < -0.4 is 5.32 Å². The number of nitrogens with zero attached hydrogens (tertiary/aromatic N) is 2. The number of likely N-dealkylation sites (tertiary alicyclic amines) is 1. The molecular formula is C20H23N3O2. The summed E-state index contributed by atoms with van der Waals surface area (Å²) in [4.78, 5) is 18.3. The number of carboxylic acids is 1. The molecule has 1 atom stereocenters. The van der Waals surface area contributed by atoms with Crippen LogP contribution >= 0.6 is 0 Å². The Labute approximate surface area is 147 Å². The van der Waals surface area contributed by atoms with E-state index in [0.717, 1.165) is 43.7 Å². The number of fused-ring (bicyclic) bond motifs is 1. The molecule has 2 N–H and O–H groups in total. The predicted molar refractivity (Wildman–Crippen MR) is 95.2 cm³/mol. The first kappa shape index (κ1) is 16.2. The van der Waals surface area contributed by atoms with Crippen molar-refractivity contribution in [2.45, 2.75) is 32.0 Å². The number of carbonyl (C=O) groups is 1. The van der Waals surface area contributed by atoms with Crippen molar-refractivity contribution in [3.8, 4) is 0 Å². The van der Waals surface area contributed by atoms with Crippen molar-refractivity contribution < 1.29 is 9.90 Å². The van der Waals surface area contributed by atoms with Gasteiger partial charge < -0.3 is 10.4 Å². The summed E-state index contributed by atoms with van der Waals surface area (Å²) < 4.78 is 0. The van der Waals surface area contributed by atoms with E-state index >= 15 is 0 Å². The molecule has 5 heteroatoms. The van der Waals surface area contributed by atoms with E-state index in [0.29, 0.717) is 18.0 Å². The molecule has 5 nitrogen and oxygen atoms in total. The molecule has 25 heavy (non-hydrogen) atoms. The van der Waals surface area contributed by atoms with Gasteiger partial charge in [0.1, 0.15) is 0 Å². The van der Waals surface area contributed by atoms with Crippen LogP contribution in [0.2, 0.25) is 0 Å². The average Bonchev–Trinajstić information content (AvgIpc) is 3.07. The van der Waals surface area contributed by atoms with Gasteiger partial charge >= 0.3 is 5.97 Å². The van der Waals surface area contributed by atoms with E-state index < -0.39 is 5.97 Å². The molecule has 1 aromatic carbocycles. The number of benzene rings is 1. The molecule has 4 rings (SSSR count). The topological polar surface area (TPSA) is 65.5 Å². The van der Waals surface area contributed by atoms with Gasteiger partial charge in [0.05, 0.1) is 11.3 Å². The summed E-state index contributed by atoms with van der Waals surface area (Å²) in [5, 5.41) is 12.9. The van der Waals surface area contributed by atoms with Crippen molar-refractivity contribution in [2.75, 3.05) is 13.1 Å². The molecule has 0 spiro atoms. The van der Waals surface area contributed by atoms with Gasteiger partial charge in [-0.15, -0.1) is 0 Å². The van der Waals surface area contributed by atoms with Gasteiger partial charge in [0, 0.05) is 25.3 Å². The van der Waals surface area contributed by atoms with Gasteiger partial charge in [0.2, 0.25) is 0 Å². The highest BCUT2D eigenvalue weighted by molar-refractivity contribution is 5.90. The van der Waals surface area contributed by atoms with Crippen molar-refractivity contribution in [1.29, 1.82) is 0 Å². The highest BCUT2D eigenvalue weighted by Gasteiger charge is 2.33. The second kappa shape index (κ2) is 6.94. The number of carboxylic acid groups (broad SMARTS) is 1. The Morgan fingerprint density at radius 1 is 1.20 bits per heavy atom. The van der Waals surface area contributed by atoms with Gasteiger partial charge in [0.15, 0.2) is 0 Å². The van der Waals surface area contributed by atoms with E-state index in [4.69, 9.17) is 0 Å². The smallest absolute Gasteiger partial charge is 0.336 e. The van der Waals surface area contributed by atoms with Gasteiger partial charge in [-0.2, -0.15) is 0 Å². The predicted octanol–water partition coefficient (Wildman–Crippen LogP) is 2.84. The van der Waals surface area contributed by atoms with Crippen LogP contribution in [0.15, 0.2) is 42.6 Å². The zero-order valence-corrected chi connectivity index (χ0v) is 14.2. The molecule has 2 aromatic rings. The Morgan fingerprint density at radius 2 is 2.04 bits per heavy atom. The quantitative estimate of drug-likeness (QED) is 0.898. The lowest BCUT2D eigenvalue weighted by atomic mass is 9.85. The molecule has 0 saturated carbocycles. The first-order valence-corrected chi connectivity index (χ1v) is 8.93. The Balaban J connectivity index is 1.41. The maximum absolute atomic E-state index is 11.4. The molecule has 2 aliphatic rings. The van der Waals surface area contributed by atoms with Gasteiger partial charge in [-0.05, 0) is 61.2 Å². The summed E-state index contributed by atoms with van der Waals surface area (Å²) in [6, 6.07) is 12.0. The first-order valence-electron chi connectivity index (χ1n) is 8.93. The molecule has 0 radical (unpaired) electrons. The molecule has 130 valence electrons. The average molecular weight is 337 g/mol. The minimum absolute atomic E-state index is 0.284. The molecule has 3 heterocycles. The summed E-state index contributed by atoms with van der Waals surface area (Å²) in [6.45, 7) is 3.70. The van der Waals surface area contributed by atoms with Crippen LogP contribution in [0.4, 0.5) is 0 Å². The SMILES string of the molecule is O=C(O)c1cccc2c1CNC2C1CCN(Cc2ccccn2)CC1. The van der Waals surface area contributed by atoms with Crippen LogP contribution in [-0.4, -0.2) is 34.0 Å². The fraction of sp³-hybridized carbons (Fsp3) is 0.400. The van der Waals surface area contributed by atoms with Crippen molar-refractivity contribution in [2.24, 2.45) is 5.92 Å². The van der Waals surface area contributed by atoms with E-state index in [1.807, 2.05) is 24.4 Å². The van der Waals surface area contributed by atoms with E-state index in [-0.39, 0.29) is 6.04 Å². The van der Waals surface area contributed by atoms with Gasteiger partial charge in [-0.25, -0.2) is 4.79 Å². The number of nitrogens with one attached hydrogen (secondary N) is 1. The number of aromatic carboxylic acids is 1. The standard InChI is InChI=1S/C20H23N3O2/c24-20(25)17-6-3-5-16-18(17)12-22-19(16)14-7-10-23(11-8-14)13-15-4-1-2-9-21-15/h1-6,9,14,19,22H,7-8,10-13H2,(H,24,25). The maximum atomic E-state index is 11.4. The number of pyridine rings is 1.